The van der Waals surface area contributed by atoms with Crippen LogP contribution in [0.5, 0.6) is 5.75 Å². The van der Waals surface area contributed by atoms with Gasteiger partial charge in [-0.05, 0) is 26.0 Å². The number of nitrogens with zero attached hydrogens (tertiary/aromatic N) is 1. The number of hydrogen-bond donors (Lipinski definition) is 4. The Morgan fingerprint density at radius 2 is 2.04 bits per heavy atom. The largest absolute Gasteiger partial charge is 0.491 e. The third kappa shape index (κ3) is 4.70. The highest BCUT2D eigenvalue weighted by Gasteiger charge is 2.39. The Morgan fingerprint density at radius 3 is 2.52 bits per heavy atom. The standard InChI is InChI=1S/C14H13BClF4N3O4/c1-5-11(12(16)23-22-5)21-13(24)7-3-9(17)8(15(25)26)4-10(7)27-6(2)14(18,19)20/h3-4,6,25-26H,1-2H3,(H,21,24)(H,22,23)/t6-/m0/s1. The van der Waals surface area contributed by atoms with Crippen LogP contribution in [-0.4, -0.2) is 45.6 Å². The van der Waals surface area contributed by atoms with Gasteiger partial charge < -0.3 is 20.1 Å². The van der Waals surface area contributed by atoms with E-state index >= 15 is 0 Å². The maximum absolute atomic E-state index is 14.0. The van der Waals surface area contributed by atoms with Crippen LogP contribution >= 0.6 is 11.6 Å². The highest BCUT2D eigenvalue weighted by atomic mass is 35.5. The molecule has 4 N–H and O–H groups in total. The van der Waals surface area contributed by atoms with E-state index in [4.69, 9.17) is 26.4 Å². The molecule has 1 aromatic carbocycles. The molecule has 0 aliphatic heterocycles. The Morgan fingerprint density at radius 1 is 1.41 bits per heavy atom. The van der Waals surface area contributed by atoms with E-state index in [1.54, 1.807) is 0 Å². The molecule has 27 heavy (non-hydrogen) atoms. The minimum Gasteiger partial charge on any atom is -0.480 e. The van der Waals surface area contributed by atoms with Crippen LogP contribution in [0.25, 0.3) is 0 Å². The first-order valence-corrected chi connectivity index (χ1v) is 7.74. The van der Waals surface area contributed by atoms with Crippen molar-refractivity contribution in [3.63, 3.8) is 0 Å². The molecule has 0 saturated heterocycles. The summed E-state index contributed by atoms with van der Waals surface area (Å²) in [4.78, 5) is 12.4. The molecule has 13 heteroatoms. The van der Waals surface area contributed by atoms with E-state index in [0.717, 1.165) is 0 Å². The SMILES string of the molecule is Cc1n[nH]c(Cl)c1NC(=O)c1cc(F)c(B(O)O)cc1O[C@@H](C)C(F)(F)F. The zero-order valence-electron chi connectivity index (χ0n) is 13.9. The van der Waals surface area contributed by atoms with Crippen LogP contribution in [0.1, 0.15) is 23.0 Å². The van der Waals surface area contributed by atoms with E-state index in [9.17, 15) is 22.4 Å². The molecule has 146 valence electrons. The highest BCUT2D eigenvalue weighted by Crippen LogP contribution is 2.29. The Labute approximate surface area is 155 Å². The Balaban J connectivity index is 2.46. The van der Waals surface area contributed by atoms with E-state index < -0.39 is 47.9 Å². The summed E-state index contributed by atoms with van der Waals surface area (Å²) >= 11 is 5.81. The first-order chi connectivity index (χ1) is 12.4. The summed E-state index contributed by atoms with van der Waals surface area (Å²) in [6, 6.07) is 1.15. The predicted octanol–water partition coefficient (Wildman–Crippen LogP) is 1.77. The fourth-order valence-corrected chi connectivity index (χ4v) is 2.26. The number of benzene rings is 1. The van der Waals surface area contributed by atoms with Crippen molar-refractivity contribution in [1.82, 2.24) is 10.2 Å². The predicted molar refractivity (Wildman–Crippen MR) is 88.7 cm³/mol. The number of anilines is 1. The van der Waals surface area contributed by atoms with Gasteiger partial charge in [0.05, 0.1) is 11.3 Å². The number of rotatable bonds is 5. The lowest BCUT2D eigenvalue weighted by Gasteiger charge is -2.20. The van der Waals surface area contributed by atoms with Crippen molar-refractivity contribution in [2.45, 2.75) is 26.1 Å². The molecular weight excluding hydrogens is 396 g/mol. The summed E-state index contributed by atoms with van der Waals surface area (Å²) in [5, 5.41) is 26.6. The quantitative estimate of drug-likeness (QED) is 0.445. The fraction of sp³-hybridized carbons (Fsp3) is 0.286. The molecule has 0 spiro atoms. The zero-order valence-corrected chi connectivity index (χ0v) is 14.6. The minimum atomic E-state index is -4.77. The summed E-state index contributed by atoms with van der Waals surface area (Å²) < 4.78 is 57.1. The Bertz CT molecular complexity index is 840. The number of ether oxygens (including phenoxy) is 1. The van der Waals surface area contributed by atoms with Crippen molar-refractivity contribution < 1.29 is 37.1 Å². The lowest BCUT2D eigenvalue weighted by atomic mass is 9.79. The van der Waals surface area contributed by atoms with E-state index in [1.165, 1.54) is 6.92 Å². The maximum Gasteiger partial charge on any atom is 0.491 e. The number of carbonyl (C=O) groups is 1. The van der Waals surface area contributed by atoms with Gasteiger partial charge in [-0.15, -0.1) is 0 Å². The van der Waals surface area contributed by atoms with Crippen LogP contribution in [0.4, 0.5) is 23.2 Å². The van der Waals surface area contributed by atoms with Crippen LogP contribution in [0.15, 0.2) is 12.1 Å². The molecule has 0 aliphatic carbocycles. The maximum atomic E-state index is 14.0. The summed E-state index contributed by atoms with van der Waals surface area (Å²) in [5.41, 5.74) is -1.04. The molecule has 0 unspecified atom stereocenters. The normalized spacial score (nSPS) is 12.6. The molecule has 0 fully saturated rings. The smallest absolute Gasteiger partial charge is 0.480 e. The van der Waals surface area contributed by atoms with Crippen LogP contribution < -0.4 is 15.5 Å². The fourth-order valence-electron chi connectivity index (χ4n) is 2.03. The number of alkyl halides is 3. The van der Waals surface area contributed by atoms with Gasteiger partial charge in [0.25, 0.3) is 5.91 Å². The number of amides is 1. The van der Waals surface area contributed by atoms with Gasteiger partial charge in [0, 0.05) is 5.46 Å². The van der Waals surface area contributed by atoms with Crippen LogP contribution in [0, 0.1) is 12.7 Å². The molecule has 2 rings (SSSR count). The summed E-state index contributed by atoms with van der Waals surface area (Å²) in [6.45, 7) is 2.17. The van der Waals surface area contributed by atoms with Crippen molar-refractivity contribution in [3.8, 4) is 5.75 Å². The number of carbonyl (C=O) groups excluding carboxylic acids is 1. The van der Waals surface area contributed by atoms with E-state index in [-0.39, 0.29) is 16.5 Å². The average Bonchev–Trinajstić information content (AvgIpc) is 2.86. The third-order valence-corrected chi connectivity index (χ3v) is 3.80. The van der Waals surface area contributed by atoms with Gasteiger partial charge in [-0.3, -0.25) is 9.89 Å². The Hall–Kier alpha value is -2.31. The van der Waals surface area contributed by atoms with Crippen LogP contribution in [-0.2, 0) is 0 Å². The minimum absolute atomic E-state index is 0.0446. The number of aromatic nitrogens is 2. The highest BCUT2D eigenvalue weighted by molar-refractivity contribution is 6.58. The molecule has 1 heterocycles. The molecule has 0 radical (unpaired) electrons. The number of nitrogens with one attached hydrogen (secondary N) is 2. The van der Waals surface area contributed by atoms with Gasteiger partial charge in [0.15, 0.2) is 6.10 Å². The van der Waals surface area contributed by atoms with Crippen molar-refractivity contribution in [2.24, 2.45) is 0 Å². The second kappa shape index (κ2) is 7.75. The van der Waals surface area contributed by atoms with Crippen molar-refractivity contribution >= 4 is 35.8 Å². The molecule has 2 aromatic rings. The van der Waals surface area contributed by atoms with Crippen LogP contribution in [0.3, 0.4) is 0 Å². The van der Waals surface area contributed by atoms with Crippen LogP contribution in [0.2, 0.25) is 5.15 Å². The first kappa shape index (κ1) is 21.0. The number of halogens is 5. The van der Waals surface area contributed by atoms with Crippen molar-refractivity contribution in [1.29, 1.82) is 0 Å². The van der Waals surface area contributed by atoms with E-state index in [0.29, 0.717) is 19.1 Å². The summed E-state index contributed by atoms with van der Waals surface area (Å²) in [5.74, 6) is -2.96. The molecular formula is C14H13BClF4N3O4. The molecule has 0 saturated carbocycles. The monoisotopic (exact) mass is 409 g/mol. The zero-order chi connectivity index (χ0) is 20.5. The average molecular weight is 410 g/mol. The first-order valence-electron chi connectivity index (χ1n) is 7.36. The number of aromatic amines is 1. The Kier molecular flexibility index (Phi) is 6.02. The van der Waals surface area contributed by atoms with Gasteiger partial charge >= 0.3 is 13.3 Å². The molecule has 0 bridgehead atoms. The van der Waals surface area contributed by atoms with E-state index in [2.05, 4.69) is 15.5 Å². The lowest BCUT2D eigenvalue weighted by Crippen LogP contribution is -2.36. The third-order valence-electron chi connectivity index (χ3n) is 3.53. The second-order valence-corrected chi connectivity index (χ2v) is 5.88. The lowest BCUT2D eigenvalue weighted by molar-refractivity contribution is -0.189. The second-order valence-electron chi connectivity index (χ2n) is 5.50. The topological polar surface area (TPSA) is 107 Å². The van der Waals surface area contributed by atoms with Gasteiger partial charge in [0.1, 0.15) is 22.4 Å². The molecule has 1 atom stereocenters. The van der Waals surface area contributed by atoms with Gasteiger partial charge in [-0.25, -0.2) is 4.39 Å². The van der Waals surface area contributed by atoms with Gasteiger partial charge in [-0.1, -0.05) is 11.6 Å². The molecule has 1 amide bonds. The van der Waals surface area contributed by atoms with Crippen molar-refractivity contribution in [2.75, 3.05) is 5.32 Å². The molecule has 7 nitrogen and oxygen atoms in total. The number of aryl methyl sites for hydroxylation is 1. The summed E-state index contributed by atoms with van der Waals surface area (Å²) in [6.07, 6.45) is -7.12. The molecule has 1 aromatic heterocycles. The van der Waals surface area contributed by atoms with E-state index in [1.807, 2.05) is 0 Å². The number of hydrogen-bond acceptors (Lipinski definition) is 5. The van der Waals surface area contributed by atoms with Crippen molar-refractivity contribution in [3.05, 3.63) is 34.4 Å². The van der Waals surface area contributed by atoms with Gasteiger partial charge in [0.2, 0.25) is 0 Å². The summed E-state index contributed by atoms with van der Waals surface area (Å²) in [7, 11) is -2.32. The molecule has 0 aliphatic rings. The van der Waals surface area contributed by atoms with Gasteiger partial charge in [-0.2, -0.15) is 18.3 Å². The number of H-pyrrole nitrogens is 1.